The van der Waals surface area contributed by atoms with Crippen LogP contribution in [0.5, 0.6) is 0 Å². The molecule has 1 saturated heterocycles. The zero-order valence-corrected chi connectivity index (χ0v) is 14.9. The number of hydrogen-bond donors (Lipinski definition) is 1. The molecular weight excluding hydrogens is 340 g/mol. The van der Waals surface area contributed by atoms with Gasteiger partial charge in [-0.2, -0.15) is 0 Å². The van der Waals surface area contributed by atoms with Gasteiger partial charge < -0.3 is 14.4 Å². The average Bonchev–Trinajstić information content (AvgIpc) is 3.03. The molecule has 0 radical (unpaired) electrons. The maximum absolute atomic E-state index is 12.3. The Bertz CT molecular complexity index is 690. The van der Waals surface area contributed by atoms with Crippen molar-refractivity contribution in [1.82, 2.24) is 10.2 Å². The van der Waals surface area contributed by atoms with Crippen LogP contribution in [0.3, 0.4) is 0 Å². The molecule has 1 heterocycles. The van der Waals surface area contributed by atoms with Crippen LogP contribution in [0, 0.1) is 5.92 Å². The Morgan fingerprint density at radius 1 is 1.19 bits per heavy atom. The Kier molecular flexibility index (Phi) is 6.32. The molecule has 0 spiro atoms. The molecule has 0 bridgehead atoms. The van der Waals surface area contributed by atoms with Gasteiger partial charge in [0, 0.05) is 13.0 Å². The molecule has 8 nitrogen and oxygen atoms in total. The van der Waals surface area contributed by atoms with Crippen LogP contribution in [0.4, 0.5) is 4.79 Å². The molecule has 2 rings (SSSR count). The number of nitrogens with one attached hydrogen (secondary N) is 1. The molecule has 3 amide bonds. The van der Waals surface area contributed by atoms with E-state index in [0.29, 0.717) is 0 Å². The summed E-state index contributed by atoms with van der Waals surface area (Å²) in [6, 6.07) is 9.34. The fourth-order valence-corrected chi connectivity index (χ4v) is 2.75. The zero-order chi connectivity index (χ0) is 19.3. The van der Waals surface area contributed by atoms with Crippen LogP contribution < -0.4 is 5.32 Å². The highest BCUT2D eigenvalue weighted by molar-refractivity contribution is 5.95. The Morgan fingerprint density at radius 2 is 1.85 bits per heavy atom. The molecule has 8 heteroatoms. The standard InChI is InChI=1S/C18H22N2O6/c1-11(13-7-5-4-6-8-13)20-10-14(9-15(20)21)17(23)26-12(2)16(22)19-18(24)25-3/h4-8,11-12,14H,9-10H2,1-3H3,(H,19,22,24)/t11-,12+,14-/m1/s1. The summed E-state index contributed by atoms with van der Waals surface area (Å²) in [5.74, 6) is -2.23. The number of carbonyl (C=O) groups excluding carboxylic acids is 4. The largest absolute Gasteiger partial charge is 0.453 e. The quantitative estimate of drug-likeness (QED) is 0.795. The summed E-state index contributed by atoms with van der Waals surface area (Å²) in [4.78, 5) is 48.9. The molecule has 0 unspecified atom stereocenters. The Balaban J connectivity index is 1.94. The lowest BCUT2D eigenvalue weighted by Gasteiger charge is -2.25. The van der Waals surface area contributed by atoms with Crippen molar-refractivity contribution in [3.63, 3.8) is 0 Å². The van der Waals surface area contributed by atoms with Gasteiger partial charge in [0.05, 0.1) is 19.1 Å². The molecule has 3 atom stereocenters. The highest BCUT2D eigenvalue weighted by Crippen LogP contribution is 2.29. The summed E-state index contributed by atoms with van der Waals surface area (Å²) in [5.41, 5.74) is 0.973. The number of likely N-dealkylation sites (tertiary alicyclic amines) is 1. The van der Waals surface area contributed by atoms with Crippen LogP contribution in [-0.2, 0) is 23.9 Å². The maximum Gasteiger partial charge on any atom is 0.413 e. The highest BCUT2D eigenvalue weighted by Gasteiger charge is 2.38. The first-order valence-corrected chi connectivity index (χ1v) is 8.27. The number of carbonyl (C=O) groups is 4. The second-order valence-electron chi connectivity index (χ2n) is 6.09. The summed E-state index contributed by atoms with van der Waals surface area (Å²) in [6.45, 7) is 3.46. The minimum Gasteiger partial charge on any atom is -0.453 e. The number of rotatable bonds is 5. The van der Waals surface area contributed by atoms with Crippen LogP contribution in [-0.4, -0.2) is 48.5 Å². The van der Waals surface area contributed by atoms with Gasteiger partial charge in [-0.1, -0.05) is 30.3 Å². The van der Waals surface area contributed by atoms with Crippen LogP contribution in [0.15, 0.2) is 30.3 Å². The van der Waals surface area contributed by atoms with Crippen molar-refractivity contribution >= 4 is 23.9 Å². The lowest BCUT2D eigenvalue weighted by molar-refractivity contribution is -0.158. The SMILES string of the molecule is COC(=O)NC(=O)[C@H](C)OC(=O)[C@@H]1CC(=O)N([C@H](C)c2ccccc2)C1. The topological polar surface area (TPSA) is 102 Å². The number of ether oxygens (including phenoxy) is 2. The number of benzene rings is 1. The predicted octanol–water partition coefficient (Wildman–Crippen LogP) is 1.41. The van der Waals surface area contributed by atoms with Crippen molar-refractivity contribution < 1.29 is 28.7 Å². The van der Waals surface area contributed by atoms with Gasteiger partial charge in [0.1, 0.15) is 0 Å². The summed E-state index contributed by atoms with van der Waals surface area (Å²) >= 11 is 0. The molecule has 1 N–H and O–H groups in total. The van der Waals surface area contributed by atoms with Crippen LogP contribution in [0.1, 0.15) is 31.9 Å². The van der Waals surface area contributed by atoms with E-state index in [-0.39, 0.29) is 24.9 Å². The molecule has 26 heavy (non-hydrogen) atoms. The van der Waals surface area contributed by atoms with E-state index in [4.69, 9.17) is 4.74 Å². The second kappa shape index (κ2) is 8.46. The fraction of sp³-hybridized carbons (Fsp3) is 0.444. The first-order valence-electron chi connectivity index (χ1n) is 8.27. The average molecular weight is 362 g/mol. The normalized spacial score (nSPS) is 18.8. The summed E-state index contributed by atoms with van der Waals surface area (Å²) < 4.78 is 9.40. The van der Waals surface area contributed by atoms with Crippen molar-refractivity contribution in [2.45, 2.75) is 32.4 Å². The van der Waals surface area contributed by atoms with Crippen molar-refractivity contribution in [2.75, 3.05) is 13.7 Å². The smallest absolute Gasteiger partial charge is 0.413 e. The minimum absolute atomic E-state index is 0.0291. The Labute approximate surface area is 151 Å². The number of imide groups is 1. The van der Waals surface area contributed by atoms with Crippen LogP contribution in [0.2, 0.25) is 0 Å². The van der Waals surface area contributed by atoms with E-state index >= 15 is 0 Å². The monoisotopic (exact) mass is 362 g/mol. The van der Waals surface area contributed by atoms with E-state index in [1.54, 1.807) is 4.90 Å². The van der Waals surface area contributed by atoms with Crippen LogP contribution in [0.25, 0.3) is 0 Å². The van der Waals surface area contributed by atoms with Gasteiger partial charge >= 0.3 is 12.1 Å². The first kappa shape index (κ1) is 19.4. The fourth-order valence-electron chi connectivity index (χ4n) is 2.75. The third-order valence-electron chi connectivity index (χ3n) is 4.31. The van der Waals surface area contributed by atoms with E-state index in [0.717, 1.165) is 12.7 Å². The third-order valence-corrected chi connectivity index (χ3v) is 4.31. The molecule has 1 aliphatic heterocycles. The zero-order valence-electron chi connectivity index (χ0n) is 14.9. The van der Waals surface area contributed by atoms with Crippen LogP contribution >= 0.6 is 0 Å². The Morgan fingerprint density at radius 3 is 2.46 bits per heavy atom. The third kappa shape index (κ3) is 4.59. The van der Waals surface area contributed by atoms with Gasteiger partial charge in [-0.05, 0) is 19.4 Å². The van der Waals surface area contributed by atoms with Crippen molar-refractivity contribution in [2.24, 2.45) is 5.92 Å². The van der Waals surface area contributed by atoms with Gasteiger partial charge in [0.2, 0.25) is 5.91 Å². The minimum atomic E-state index is -1.17. The lowest BCUT2D eigenvalue weighted by Crippen LogP contribution is -2.40. The molecule has 0 aromatic heterocycles. The molecule has 0 aliphatic carbocycles. The number of esters is 1. The number of amides is 3. The van der Waals surface area contributed by atoms with Gasteiger partial charge in [-0.25, -0.2) is 4.79 Å². The molecule has 1 aromatic rings. The molecule has 140 valence electrons. The molecule has 1 fully saturated rings. The lowest BCUT2D eigenvalue weighted by atomic mass is 10.1. The van der Waals surface area contributed by atoms with E-state index in [1.807, 2.05) is 42.6 Å². The number of methoxy groups -OCH3 is 1. The maximum atomic E-state index is 12.3. The Hall–Kier alpha value is -2.90. The summed E-state index contributed by atoms with van der Waals surface area (Å²) in [5, 5.41) is 1.93. The van der Waals surface area contributed by atoms with Crippen molar-refractivity contribution in [3.05, 3.63) is 35.9 Å². The van der Waals surface area contributed by atoms with Crippen molar-refractivity contribution in [1.29, 1.82) is 0 Å². The number of hydrogen-bond acceptors (Lipinski definition) is 6. The molecular formula is C18H22N2O6. The summed E-state index contributed by atoms with van der Waals surface area (Å²) in [7, 11) is 1.12. The van der Waals surface area contributed by atoms with Gasteiger partial charge in [-0.3, -0.25) is 19.7 Å². The first-order chi connectivity index (χ1) is 12.3. The van der Waals surface area contributed by atoms with E-state index in [2.05, 4.69) is 4.74 Å². The van der Waals surface area contributed by atoms with E-state index in [9.17, 15) is 19.2 Å². The van der Waals surface area contributed by atoms with Gasteiger partial charge in [0.25, 0.3) is 5.91 Å². The van der Waals surface area contributed by atoms with Crippen molar-refractivity contribution in [3.8, 4) is 0 Å². The molecule has 1 aliphatic rings. The summed E-state index contributed by atoms with van der Waals surface area (Å²) in [6.07, 6.45) is -2.07. The molecule has 1 aromatic carbocycles. The van der Waals surface area contributed by atoms with Gasteiger partial charge in [0.15, 0.2) is 6.10 Å². The number of nitrogens with zero attached hydrogens (tertiary/aromatic N) is 1. The predicted molar refractivity (Wildman–Crippen MR) is 90.8 cm³/mol. The van der Waals surface area contributed by atoms with E-state index in [1.165, 1.54) is 6.92 Å². The highest BCUT2D eigenvalue weighted by atomic mass is 16.6. The second-order valence-corrected chi connectivity index (χ2v) is 6.09. The number of alkyl carbamates (subject to hydrolysis) is 1. The van der Waals surface area contributed by atoms with Gasteiger partial charge in [-0.15, -0.1) is 0 Å². The molecule has 0 saturated carbocycles. The van der Waals surface area contributed by atoms with E-state index < -0.39 is 30.0 Å².